The van der Waals surface area contributed by atoms with Crippen LogP contribution < -0.4 is 21.9 Å². The van der Waals surface area contributed by atoms with Crippen LogP contribution in [0.4, 0.5) is 14.5 Å². The maximum absolute atomic E-state index is 15.0. The van der Waals surface area contributed by atoms with E-state index in [4.69, 9.17) is 11.5 Å². The number of anilines is 1. The summed E-state index contributed by atoms with van der Waals surface area (Å²) in [4.78, 5) is 14.3. The summed E-state index contributed by atoms with van der Waals surface area (Å²) < 4.78 is 31.2. The molecule has 0 spiro atoms. The van der Waals surface area contributed by atoms with E-state index in [0.29, 0.717) is 34.3 Å². The van der Waals surface area contributed by atoms with Crippen molar-refractivity contribution in [3.8, 4) is 0 Å². The molecule has 2 aromatic rings. The third-order valence-electron chi connectivity index (χ3n) is 5.31. The van der Waals surface area contributed by atoms with Gasteiger partial charge < -0.3 is 20.9 Å². The molecule has 1 atom stereocenters. The maximum Gasteiger partial charge on any atom is 0.251 e. The molecule has 1 aromatic carbocycles. The summed E-state index contributed by atoms with van der Waals surface area (Å²) in [6.07, 6.45) is 0.264. The standard InChI is InChI=1S/C19H26F2N4O/c1-11(2)25-16(26)6-13(8-22)14-7-15(20)18(12(3)17(14)25)24-5-4-19(21,9-23)10-24/h6-7,11H,4-5,8-10,22-23H2,1-3H3. The lowest BCUT2D eigenvalue weighted by Crippen LogP contribution is -2.36. The number of nitrogens with zero attached hydrogens (tertiary/aromatic N) is 2. The molecule has 1 saturated heterocycles. The molecule has 7 heteroatoms. The van der Waals surface area contributed by atoms with Crippen LogP contribution in [-0.4, -0.2) is 29.9 Å². The summed E-state index contributed by atoms with van der Waals surface area (Å²) in [6.45, 7) is 6.08. The van der Waals surface area contributed by atoms with Crippen molar-refractivity contribution < 1.29 is 8.78 Å². The average molecular weight is 364 g/mol. The monoisotopic (exact) mass is 364 g/mol. The minimum absolute atomic E-state index is 0.0509. The highest BCUT2D eigenvalue weighted by atomic mass is 19.1. The topological polar surface area (TPSA) is 77.3 Å². The van der Waals surface area contributed by atoms with E-state index in [2.05, 4.69) is 0 Å². The third kappa shape index (κ3) is 2.89. The molecule has 1 aromatic heterocycles. The number of fused-ring (bicyclic) bond motifs is 1. The van der Waals surface area contributed by atoms with Gasteiger partial charge in [-0.1, -0.05) is 0 Å². The van der Waals surface area contributed by atoms with E-state index >= 15 is 4.39 Å². The first-order valence-electron chi connectivity index (χ1n) is 8.93. The molecule has 2 heterocycles. The van der Waals surface area contributed by atoms with E-state index < -0.39 is 11.5 Å². The predicted octanol–water partition coefficient (Wildman–Crippen LogP) is 2.37. The van der Waals surface area contributed by atoms with Gasteiger partial charge in [0.2, 0.25) is 0 Å². The highest BCUT2D eigenvalue weighted by Gasteiger charge is 2.38. The normalized spacial score (nSPS) is 20.5. The zero-order valence-corrected chi connectivity index (χ0v) is 15.5. The fraction of sp³-hybridized carbons (Fsp3) is 0.526. The first-order valence-corrected chi connectivity index (χ1v) is 8.93. The van der Waals surface area contributed by atoms with Gasteiger partial charge in [0.05, 0.1) is 17.7 Å². The van der Waals surface area contributed by atoms with E-state index in [1.165, 1.54) is 12.1 Å². The number of aromatic nitrogens is 1. The summed E-state index contributed by atoms with van der Waals surface area (Å²) >= 11 is 0. The van der Waals surface area contributed by atoms with Crippen LogP contribution in [0.15, 0.2) is 16.9 Å². The molecule has 0 amide bonds. The summed E-state index contributed by atoms with van der Waals surface area (Å²) in [5.41, 5.74) is 11.9. The first-order chi connectivity index (χ1) is 12.2. The summed E-state index contributed by atoms with van der Waals surface area (Å²) in [5.74, 6) is -0.431. The quantitative estimate of drug-likeness (QED) is 0.873. The second-order valence-corrected chi connectivity index (χ2v) is 7.43. The minimum atomic E-state index is -1.51. The fourth-order valence-electron chi connectivity index (χ4n) is 3.98. The van der Waals surface area contributed by atoms with E-state index in [1.807, 2.05) is 13.8 Å². The van der Waals surface area contributed by atoms with Gasteiger partial charge in [0, 0.05) is 43.5 Å². The van der Waals surface area contributed by atoms with Gasteiger partial charge in [0.1, 0.15) is 11.5 Å². The molecule has 0 aliphatic carbocycles. The Kier molecular flexibility index (Phi) is 4.79. The Bertz CT molecular complexity index is 909. The number of hydrogen-bond acceptors (Lipinski definition) is 4. The number of rotatable bonds is 4. The van der Waals surface area contributed by atoms with Gasteiger partial charge in [0.25, 0.3) is 5.56 Å². The van der Waals surface area contributed by atoms with Crippen LogP contribution >= 0.6 is 0 Å². The molecular weight excluding hydrogens is 338 g/mol. The SMILES string of the molecule is Cc1c(N2CCC(F)(CN)C2)c(F)cc2c(CN)cc(=O)n(C(C)C)c12. The highest BCUT2D eigenvalue weighted by Crippen LogP contribution is 2.37. The van der Waals surface area contributed by atoms with Crippen LogP contribution in [0.3, 0.4) is 0 Å². The Balaban J connectivity index is 2.30. The van der Waals surface area contributed by atoms with Crippen LogP contribution in [0.5, 0.6) is 0 Å². The molecule has 142 valence electrons. The Labute approximate surface area is 151 Å². The molecule has 0 radical (unpaired) electrons. The van der Waals surface area contributed by atoms with Crippen molar-refractivity contribution in [2.24, 2.45) is 11.5 Å². The van der Waals surface area contributed by atoms with Crippen molar-refractivity contribution in [2.45, 2.75) is 45.4 Å². The van der Waals surface area contributed by atoms with E-state index in [-0.39, 0.29) is 37.7 Å². The Morgan fingerprint density at radius 3 is 2.54 bits per heavy atom. The van der Waals surface area contributed by atoms with E-state index in [1.54, 1.807) is 16.4 Å². The van der Waals surface area contributed by atoms with Crippen molar-refractivity contribution in [2.75, 3.05) is 24.5 Å². The zero-order valence-electron chi connectivity index (χ0n) is 15.5. The second kappa shape index (κ2) is 6.63. The van der Waals surface area contributed by atoms with Gasteiger partial charge in [-0.05, 0) is 38.0 Å². The lowest BCUT2D eigenvalue weighted by molar-refractivity contribution is 0.204. The van der Waals surface area contributed by atoms with Gasteiger partial charge in [-0.2, -0.15) is 0 Å². The van der Waals surface area contributed by atoms with E-state index in [9.17, 15) is 9.18 Å². The number of nitrogens with two attached hydrogens (primary N) is 2. The Hall–Kier alpha value is -1.99. The number of benzene rings is 1. The number of alkyl halides is 1. The Morgan fingerprint density at radius 2 is 2.00 bits per heavy atom. The number of aryl methyl sites for hydroxylation is 1. The summed E-state index contributed by atoms with van der Waals surface area (Å²) in [5, 5.41) is 0.629. The number of halogens is 2. The lowest BCUT2D eigenvalue weighted by atomic mass is 10.0. The maximum atomic E-state index is 15.0. The second-order valence-electron chi connectivity index (χ2n) is 7.43. The summed E-state index contributed by atoms with van der Waals surface area (Å²) in [7, 11) is 0. The molecule has 1 aliphatic rings. The van der Waals surface area contributed by atoms with Crippen molar-refractivity contribution >= 4 is 16.6 Å². The first kappa shape index (κ1) is 18.8. The van der Waals surface area contributed by atoms with Gasteiger partial charge >= 0.3 is 0 Å². The van der Waals surface area contributed by atoms with Crippen LogP contribution in [-0.2, 0) is 6.54 Å². The third-order valence-corrected chi connectivity index (χ3v) is 5.31. The average Bonchev–Trinajstić information content (AvgIpc) is 2.97. The minimum Gasteiger partial charge on any atom is -0.366 e. The molecule has 3 rings (SSSR count). The lowest BCUT2D eigenvalue weighted by Gasteiger charge is -2.26. The highest BCUT2D eigenvalue weighted by molar-refractivity contribution is 5.90. The molecule has 1 unspecified atom stereocenters. The van der Waals surface area contributed by atoms with Gasteiger partial charge in [0.15, 0.2) is 0 Å². The van der Waals surface area contributed by atoms with Crippen LogP contribution in [0.1, 0.15) is 37.4 Å². The van der Waals surface area contributed by atoms with Crippen molar-refractivity contribution in [3.63, 3.8) is 0 Å². The molecule has 5 nitrogen and oxygen atoms in total. The van der Waals surface area contributed by atoms with Crippen LogP contribution in [0.2, 0.25) is 0 Å². The largest absolute Gasteiger partial charge is 0.366 e. The molecule has 4 N–H and O–H groups in total. The smallest absolute Gasteiger partial charge is 0.251 e. The molecule has 0 saturated carbocycles. The van der Waals surface area contributed by atoms with E-state index in [0.717, 1.165) is 0 Å². The molecular formula is C19H26F2N4O. The molecule has 1 fully saturated rings. The number of hydrogen-bond donors (Lipinski definition) is 2. The molecule has 1 aliphatic heterocycles. The zero-order chi connectivity index (χ0) is 19.2. The Morgan fingerprint density at radius 1 is 1.31 bits per heavy atom. The summed E-state index contributed by atoms with van der Waals surface area (Å²) in [6, 6.07) is 2.79. The van der Waals surface area contributed by atoms with Crippen molar-refractivity contribution in [1.82, 2.24) is 4.57 Å². The van der Waals surface area contributed by atoms with Gasteiger partial charge in [-0.3, -0.25) is 4.79 Å². The van der Waals surface area contributed by atoms with Crippen molar-refractivity contribution in [1.29, 1.82) is 0 Å². The predicted molar refractivity (Wildman–Crippen MR) is 101 cm³/mol. The fourth-order valence-corrected chi connectivity index (χ4v) is 3.98. The number of pyridine rings is 1. The molecule has 26 heavy (non-hydrogen) atoms. The van der Waals surface area contributed by atoms with Gasteiger partial charge in [-0.25, -0.2) is 8.78 Å². The molecule has 0 bridgehead atoms. The van der Waals surface area contributed by atoms with Crippen LogP contribution in [0, 0.1) is 12.7 Å². The van der Waals surface area contributed by atoms with Gasteiger partial charge in [-0.15, -0.1) is 0 Å². The van der Waals surface area contributed by atoms with Crippen LogP contribution in [0.25, 0.3) is 10.9 Å². The van der Waals surface area contributed by atoms with Crippen molar-refractivity contribution in [3.05, 3.63) is 39.4 Å².